The molecule has 24 heavy (non-hydrogen) atoms. The summed E-state index contributed by atoms with van der Waals surface area (Å²) in [6.07, 6.45) is 0. The second-order valence-electron chi connectivity index (χ2n) is 4.79. The third-order valence-corrected chi connectivity index (χ3v) is 3.17. The second kappa shape index (κ2) is 7.74. The fourth-order valence-corrected chi connectivity index (χ4v) is 2.16. The Morgan fingerprint density at radius 3 is 2.33 bits per heavy atom. The molecule has 0 aliphatic heterocycles. The van der Waals surface area contributed by atoms with Gasteiger partial charge < -0.3 is 16.0 Å². The minimum absolute atomic E-state index is 0.0633. The number of amides is 3. The third kappa shape index (κ3) is 4.66. The molecule has 0 unspecified atom stereocenters. The lowest BCUT2D eigenvalue weighted by molar-refractivity contribution is 0.0956. The average Bonchev–Trinajstić information content (AvgIpc) is 2.46. The highest BCUT2D eigenvalue weighted by Crippen LogP contribution is 2.22. The maximum absolute atomic E-state index is 13.1. The van der Waals surface area contributed by atoms with Crippen molar-refractivity contribution in [2.45, 2.75) is 6.92 Å². The fourth-order valence-electron chi connectivity index (χ4n) is 1.98. The van der Waals surface area contributed by atoms with Crippen LogP contribution in [0.25, 0.3) is 0 Å². The number of halogens is 3. The molecular formula is C16H14ClF2N3O2. The number of benzene rings is 2. The maximum atomic E-state index is 13.1. The van der Waals surface area contributed by atoms with Crippen molar-refractivity contribution in [3.63, 3.8) is 0 Å². The van der Waals surface area contributed by atoms with Crippen molar-refractivity contribution in [3.8, 4) is 0 Å². The topological polar surface area (TPSA) is 70.2 Å². The van der Waals surface area contributed by atoms with Crippen molar-refractivity contribution >= 4 is 34.9 Å². The van der Waals surface area contributed by atoms with Crippen LogP contribution in [0.4, 0.5) is 25.0 Å². The Labute approximate surface area is 142 Å². The number of carbonyl (C=O) groups excluding carboxylic acids is 2. The first-order valence-corrected chi connectivity index (χ1v) is 7.38. The summed E-state index contributed by atoms with van der Waals surface area (Å²) >= 11 is 5.88. The second-order valence-corrected chi connectivity index (χ2v) is 5.22. The molecule has 0 aliphatic carbocycles. The van der Waals surface area contributed by atoms with Gasteiger partial charge >= 0.3 is 6.03 Å². The Hall–Kier alpha value is -2.67. The van der Waals surface area contributed by atoms with Crippen LogP contribution in [0.3, 0.4) is 0 Å². The zero-order valence-corrected chi connectivity index (χ0v) is 13.4. The number of rotatable bonds is 4. The first-order valence-electron chi connectivity index (χ1n) is 7.01. The summed E-state index contributed by atoms with van der Waals surface area (Å²) in [5.41, 5.74) is 0.316. The van der Waals surface area contributed by atoms with Crippen LogP contribution < -0.4 is 16.0 Å². The average molecular weight is 354 g/mol. The molecule has 5 nitrogen and oxygen atoms in total. The molecule has 0 fully saturated rings. The van der Waals surface area contributed by atoms with E-state index in [0.29, 0.717) is 17.6 Å². The summed E-state index contributed by atoms with van der Waals surface area (Å²) in [5.74, 6) is -2.03. The smallest absolute Gasteiger partial charge is 0.323 e. The molecule has 0 radical (unpaired) electrons. The van der Waals surface area contributed by atoms with Crippen molar-refractivity contribution < 1.29 is 18.4 Å². The lowest BCUT2D eigenvalue weighted by Crippen LogP contribution is -2.26. The number of hydrogen-bond donors (Lipinski definition) is 3. The van der Waals surface area contributed by atoms with E-state index in [9.17, 15) is 18.4 Å². The van der Waals surface area contributed by atoms with Crippen molar-refractivity contribution in [3.05, 3.63) is 58.6 Å². The Bertz CT molecular complexity index is 764. The predicted octanol–water partition coefficient (Wildman–Crippen LogP) is 4.01. The highest BCUT2D eigenvalue weighted by Gasteiger charge is 2.14. The van der Waals surface area contributed by atoms with Crippen LogP contribution in [0.5, 0.6) is 0 Å². The molecule has 126 valence electrons. The van der Waals surface area contributed by atoms with Gasteiger partial charge in [0.1, 0.15) is 11.6 Å². The van der Waals surface area contributed by atoms with Gasteiger partial charge in [-0.2, -0.15) is 0 Å². The van der Waals surface area contributed by atoms with Gasteiger partial charge in [0.2, 0.25) is 0 Å². The van der Waals surface area contributed by atoms with Crippen LogP contribution in [-0.4, -0.2) is 18.5 Å². The standard InChI is InChI=1S/C16H14ClF2N3O2/c1-2-20-15(23)13-4-3-9(17)5-14(13)22-16(24)21-12-7-10(18)6-11(19)8-12/h3-8H,2H2,1H3,(H,20,23)(H2,21,22,24). The molecule has 0 heterocycles. The van der Waals surface area contributed by atoms with Crippen LogP contribution in [0.15, 0.2) is 36.4 Å². The summed E-state index contributed by atoms with van der Waals surface area (Å²) in [6.45, 7) is 2.17. The van der Waals surface area contributed by atoms with Crippen LogP contribution in [0.2, 0.25) is 5.02 Å². The van der Waals surface area contributed by atoms with E-state index in [2.05, 4.69) is 16.0 Å². The largest absolute Gasteiger partial charge is 0.352 e. The SMILES string of the molecule is CCNC(=O)c1ccc(Cl)cc1NC(=O)Nc1cc(F)cc(F)c1. The Kier molecular flexibility index (Phi) is 5.70. The van der Waals surface area contributed by atoms with E-state index in [4.69, 9.17) is 11.6 Å². The third-order valence-electron chi connectivity index (χ3n) is 2.93. The lowest BCUT2D eigenvalue weighted by atomic mass is 10.1. The van der Waals surface area contributed by atoms with Gasteiger partial charge in [0.25, 0.3) is 5.91 Å². The minimum atomic E-state index is -0.823. The molecule has 0 spiro atoms. The highest BCUT2D eigenvalue weighted by atomic mass is 35.5. The molecule has 2 rings (SSSR count). The predicted molar refractivity (Wildman–Crippen MR) is 88.5 cm³/mol. The molecular weight excluding hydrogens is 340 g/mol. The van der Waals surface area contributed by atoms with Crippen LogP contribution in [0.1, 0.15) is 17.3 Å². The number of anilines is 2. The minimum Gasteiger partial charge on any atom is -0.352 e. The normalized spacial score (nSPS) is 10.2. The molecule has 8 heteroatoms. The van der Waals surface area contributed by atoms with E-state index < -0.39 is 17.7 Å². The molecule has 2 aromatic rings. The zero-order valence-electron chi connectivity index (χ0n) is 12.6. The Morgan fingerprint density at radius 2 is 1.71 bits per heavy atom. The van der Waals surface area contributed by atoms with Gasteiger partial charge in [-0.25, -0.2) is 13.6 Å². The van der Waals surface area contributed by atoms with Crippen LogP contribution in [-0.2, 0) is 0 Å². The first-order chi connectivity index (χ1) is 11.4. The molecule has 0 saturated heterocycles. The molecule has 0 aliphatic rings. The van der Waals surface area contributed by atoms with Gasteiger partial charge in [-0.3, -0.25) is 4.79 Å². The number of urea groups is 1. The van der Waals surface area contributed by atoms with Gasteiger partial charge in [-0.1, -0.05) is 11.6 Å². The number of hydrogen-bond acceptors (Lipinski definition) is 2. The van der Waals surface area contributed by atoms with Gasteiger partial charge in [-0.05, 0) is 37.3 Å². The van der Waals surface area contributed by atoms with Crippen molar-refractivity contribution in [2.24, 2.45) is 0 Å². The van der Waals surface area contributed by atoms with Crippen molar-refractivity contribution in [1.29, 1.82) is 0 Å². The van der Waals surface area contributed by atoms with Gasteiger partial charge in [0.15, 0.2) is 0 Å². The van der Waals surface area contributed by atoms with E-state index in [1.54, 1.807) is 6.92 Å². The van der Waals surface area contributed by atoms with Crippen molar-refractivity contribution in [1.82, 2.24) is 5.32 Å². The van der Waals surface area contributed by atoms with E-state index in [1.807, 2.05) is 0 Å². The van der Waals surface area contributed by atoms with Gasteiger partial charge in [-0.15, -0.1) is 0 Å². The molecule has 3 amide bonds. The molecule has 0 saturated carbocycles. The molecule has 0 atom stereocenters. The number of nitrogens with one attached hydrogen (secondary N) is 3. The van der Waals surface area contributed by atoms with Gasteiger partial charge in [0, 0.05) is 23.3 Å². The summed E-state index contributed by atoms with van der Waals surface area (Å²) in [6, 6.07) is 6.22. The summed E-state index contributed by atoms with van der Waals surface area (Å²) in [7, 11) is 0. The maximum Gasteiger partial charge on any atom is 0.323 e. The first kappa shape index (κ1) is 17.7. The van der Waals surface area contributed by atoms with Gasteiger partial charge in [0.05, 0.1) is 11.3 Å². The molecule has 0 aromatic heterocycles. The van der Waals surface area contributed by atoms with Crippen LogP contribution >= 0.6 is 11.6 Å². The summed E-state index contributed by atoms with van der Waals surface area (Å²) in [5, 5.41) is 7.64. The van der Waals surface area contributed by atoms with E-state index >= 15 is 0 Å². The molecule has 2 aromatic carbocycles. The van der Waals surface area contributed by atoms with E-state index in [0.717, 1.165) is 12.1 Å². The summed E-state index contributed by atoms with van der Waals surface area (Å²) in [4.78, 5) is 24.0. The molecule has 0 bridgehead atoms. The zero-order chi connectivity index (χ0) is 17.7. The van der Waals surface area contributed by atoms with Crippen molar-refractivity contribution in [2.75, 3.05) is 17.2 Å². The quantitative estimate of drug-likeness (QED) is 0.777. The molecule has 3 N–H and O–H groups in total. The monoisotopic (exact) mass is 353 g/mol. The summed E-state index contributed by atoms with van der Waals surface area (Å²) < 4.78 is 26.3. The number of carbonyl (C=O) groups is 2. The lowest BCUT2D eigenvalue weighted by Gasteiger charge is -2.12. The van der Waals surface area contributed by atoms with E-state index in [-0.39, 0.29) is 22.8 Å². The van der Waals surface area contributed by atoms with E-state index in [1.165, 1.54) is 18.2 Å². The fraction of sp³-hybridized carbons (Fsp3) is 0.125. The Balaban J connectivity index is 2.18. The Morgan fingerprint density at radius 1 is 1.04 bits per heavy atom. The highest BCUT2D eigenvalue weighted by molar-refractivity contribution is 6.31. The van der Waals surface area contributed by atoms with Crippen LogP contribution in [0, 0.1) is 11.6 Å².